The van der Waals surface area contributed by atoms with Gasteiger partial charge >= 0.3 is 0 Å². The molecule has 0 radical (unpaired) electrons. The van der Waals surface area contributed by atoms with Gasteiger partial charge in [-0.1, -0.05) is 0 Å². The van der Waals surface area contributed by atoms with Crippen molar-refractivity contribution in [2.45, 2.75) is 19.3 Å². The van der Waals surface area contributed by atoms with Gasteiger partial charge in [-0.3, -0.25) is 14.9 Å². The number of piperidine rings is 1. The molecule has 1 aliphatic rings. The molecule has 30 heavy (non-hydrogen) atoms. The van der Waals surface area contributed by atoms with Gasteiger partial charge in [0.2, 0.25) is 0 Å². The molecule has 0 aromatic heterocycles. The van der Waals surface area contributed by atoms with E-state index >= 15 is 0 Å². The first-order valence-electron chi connectivity index (χ1n) is 9.86. The molecule has 0 aliphatic carbocycles. The van der Waals surface area contributed by atoms with Crippen LogP contribution in [0.4, 0.5) is 27.1 Å². The van der Waals surface area contributed by atoms with Crippen molar-refractivity contribution in [1.82, 2.24) is 0 Å². The molecule has 0 spiro atoms. The van der Waals surface area contributed by atoms with Crippen LogP contribution in [0.3, 0.4) is 0 Å². The zero-order chi connectivity index (χ0) is 21.5. The summed E-state index contributed by atoms with van der Waals surface area (Å²) in [6.45, 7) is 2.45. The third kappa shape index (κ3) is 5.24. The van der Waals surface area contributed by atoms with E-state index in [4.69, 9.17) is 4.74 Å². The lowest BCUT2D eigenvalue weighted by molar-refractivity contribution is -0.384. The minimum atomic E-state index is -0.548. The van der Waals surface area contributed by atoms with Crippen molar-refractivity contribution in [3.8, 4) is 0 Å². The molecule has 3 rings (SSSR count). The van der Waals surface area contributed by atoms with Gasteiger partial charge in [0.05, 0.1) is 22.9 Å². The SMILES string of the molecule is COCCNc1ccc(C(=O)Nc2cc(F)ccc2N2CCCCC2)cc1[N+](=O)[O-]. The molecule has 1 aliphatic heterocycles. The van der Waals surface area contributed by atoms with Crippen molar-refractivity contribution < 1.29 is 18.8 Å². The average Bonchev–Trinajstić information content (AvgIpc) is 2.74. The first kappa shape index (κ1) is 21.5. The number of nitro benzene ring substituents is 1. The van der Waals surface area contributed by atoms with E-state index in [-0.39, 0.29) is 11.3 Å². The molecule has 8 nitrogen and oxygen atoms in total. The molecule has 9 heteroatoms. The van der Waals surface area contributed by atoms with Crippen molar-refractivity contribution in [2.75, 3.05) is 48.9 Å². The fourth-order valence-electron chi connectivity index (χ4n) is 3.47. The van der Waals surface area contributed by atoms with Crippen LogP contribution in [0, 0.1) is 15.9 Å². The second-order valence-electron chi connectivity index (χ2n) is 7.07. The number of methoxy groups -OCH3 is 1. The Bertz CT molecular complexity index is 916. The summed E-state index contributed by atoms with van der Waals surface area (Å²) in [6.07, 6.45) is 3.22. The molecule has 0 atom stereocenters. The van der Waals surface area contributed by atoms with Gasteiger partial charge in [0, 0.05) is 38.4 Å². The van der Waals surface area contributed by atoms with E-state index in [9.17, 15) is 19.3 Å². The van der Waals surface area contributed by atoms with Crippen molar-refractivity contribution in [3.63, 3.8) is 0 Å². The molecule has 0 bridgehead atoms. The highest BCUT2D eigenvalue weighted by Gasteiger charge is 2.20. The minimum Gasteiger partial charge on any atom is -0.383 e. The largest absolute Gasteiger partial charge is 0.383 e. The summed E-state index contributed by atoms with van der Waals surface area (Å²) < 4.78 is 18.8. The first-order valence-corrected chi connectivity index (χ1v) is 9.86. The molecule has 2 aromatic carbocycles. The molecule has 2 aromatic rings. The normalized spacial score (nSPS) is 13.7. The number of nitrogens with one attached hydrogen (secondary N) is 2. The Kier molecular flexibility index (Phi) is 7.18. The fraction of sp³-hybridized carbons (Fsp3) is 0.381. The molecule has 0 unspecified atom stereocenters. The van der Waals surface area contributed by atoms with E-state index in [1.54, 1.807) is 6.07 Å². The van der Waals surface area contributed by atoms with Crippen LogP contribution in [0.15, 0.2) is 36.4 Å². The maximum absolute atomic E-state index is 13.9. The lowest BCUT2D eigenvalue weighted by atomic mass is 10.1. The van der Waals surface area contributed by atoms with Gasteiger partial charge in [-0.15, -0.1) is 0 Å². The van der Waals surface area contributed by atoms with Crippen LogP contribution in [-0.4, -0.2) is 44.2 Å². The summed E-state index contributed by atoms with van der Waals surface area (Å²) in [6, 6.07) is 8.49. The van der Waals surface area contributed by atoms with E-state index < -0.39 is 16.6 Å². The zero-order valence-corrected chi connectivity index (χ0v) is 16.8. The smallest absolute Gasteiger partial charge is 0.293 e. The standard InChI is InChI=1S/C21H25FN4O4/c1-30-12-9-23-17-7-5-15(13-20(17)26(28)29)21(27)24-18-14-16(22)6-8-19(18)25-10-3-2-4-11-25/h5-8,13-14,23H,2-4,9-12H2,1H3,(H,24,27). The maximum Gasteiger partial charge on any atom is 0.293 e. The number of carbonyl (C=O) groups excluding carboxylic acids is 1. The van der Waals surface area contributed by atoms with Crippen LogP contribution < -0.4 is 15.5 Å². The van der Waals surface area contributed by atoms with Crippen molar-refractivity contribution in [3.05, 3.63) is 57.9 Å². The number of nitro groups is 1. The van der Waals surface area contributed by atoms with E-state index in [2.05, 4.69) is 15.5 Å². The van der Waals surface area contributed by atoms with Gasteiger partial charge in [0.15, 0.2) is 0 Å². The van der Waals surface area contributed by atoms with Crippen LogP contribution in [0.5, 0.6) is 0 Å². The highest BCUT2D eigenvalue weighted by atomic mass is 19.1. The van der Waals surface area contributed by atoms with Gasteiger partial charge in [0.1, 0.15) is 11.5 Å². The monoisotopic (exact) mass is 416 g/mol. The Morgan fingerprint density at radius 1 is 1.17 bits per heavy atom. The number of carbonyl (C=O) groups is 1. The summed E-state index contributed by atoms with van der Waals surface area (Å²) in [5, 5.41) is 17.1. The Hall–Kier alpha value is -3.20. The topological polar surface area (TPSA) is 96.7 Å². The Morgan fingerprint density at radius 2 is 1.93 bits per heavy atom. The molecule has 160 valence electrons. The van der Waals surface area contributed by atoms with Crippen LogP contribution in [0.1, 0.15) is 29.6 Å². The van der Waals surface area contributed by atoms with Crippen molar-refractivity contribution in [2.24, 2.45) is 0 Å². The number of hydrogen-bond donors (Lipinski definition) is 2. The molecule has 2 N–H and O–H groups in total. The highest BCUT2D eigenvalue weighted by Crippen LogP contribution is 2.31. The van der Waals surface area contributed by atoms with Gasteiger partial charge < -0.3 is 20.3 Å². The number of rotatable bonds is 8. The number of hydrogen-bond acceptors (Lipinski definition) is 6. The van der Waals surface area contributed by atoms with Gasteiger partial charge in [-0.2, -0.15) is 0 Å². The third-order valence-corrected chi connectivity index (χ3v) is 4.98. The number of halogens is 1. The molecule has 1 amide bonds. The second kappa shape index (κ2) is 10.0. The van der Waals surface area contributed by atoms with Gasteiger partial charge in [-0.25, -0.2) is 4.39 Å². The number of ether oxygens (including phenoxy) is 1. The Labute approximate surface area is 174 Å². The van der Waals surface area contributed by atoms with Crippen LogP contribution in [0.2, 0.25) is 0 Å². The molecule has 1 fully saturated rings. The lowest BCUT2D eigenvalue weighted by Crippen LogP contribution is -2.30. The van der Waals surface area contributed by atoms with E-state index in [1.807, 2.05) is 0 Å². The minimum absolute atomic E-state index is 0.118. The summed E-state index contributed by atoms with van der Waals surface area (Å²) >= 11 is 0. The number of benzene rings is 2. The summed E-state index contributed by atoms with van der Waals surface area (Å²) in [4.78, 5) is 25.8. The summed E-state index contributed by atoms with van der Waals surface area (Å²) in [5.74, 6) is -1.000. The van der Waals surface area contributed by atoms with E-state index in [0.29, 0.717) is 24.5 Å². The molecule has 0 saturated carbocycles. The van der Waals surface area contributed by atoms with Crippen LogP contribution in [0.25, 0.3) is 0 Å². The maximum atomic E-state index is 13.9. The fourth-order valence-corrected chi connectivity index (χ4v) is 3.47. The zero-order valence-electron chi connectivity index (χ0n) is 16.8. The predicted octanol–water partition coefficient (Wildman–Crippen LogP) is 4.03. The van der Waals surface area contributed by atoms with Crippen molar-refractivity contribution in [1.29, 1.82) is 0 Å². The molecular weight excluding hydrogens is 391 g/mol. The molecule has 1 saturated heterocycles. The van der Waals surface area contributed by atoms with E-state index in [0.717, 1.165) is 38.0 Å². The van der Waals surface area contributed by atoms with Gasteiger partial charge in [-0.05, 0) is 49.6 Å². The molecule has 1 heterocycles. The predicted molar refractivity (Wildman–Crippen MR) is 114 cm³/mol. The number of anilines is 3. The molecular formula is C21H25FN4O4. The second-order valence-corrected chi connectivity index (χ2v) is 7.07. The quantitative estimate of drug-likeness (QED) is 0.383. The average molecular weight is 416 g/mol. The Morgan fingerprint density at radius 3 is 2.63 bits per heavy atom. The van der Waals surface area contributed by atoms with Crippen LogP contribution in [-0.2, 0) is 4.74 Å². The lowest BCUT2D eigenvalue weighted by Gasteiger charge is -2.30. The van der Waals surface area contributed by atoms with Gasteiger partial charge in [0.25, 0.3) is 11.6 Å². The third-order valence-electron chi connectivity index (χ3n) is 4.98. The van der Waals surface area contributed by atoms with E-state index in [1.165, 1.54) is 37.4 Å². The van der Waals surface area contributed by atoms with Crippen molar-refractivity contribution >= 4 is 28.7 Å². The highest BCUT2D eigenvalue weighted by molar-refractivity contribution is 6.06. The number of nitrogens with zero attached hydrogens (tertiary/aromatic N) is 2. The number of amides is 1. The van der Waals surface area contributed by atoms with Crippen LogP contribution >= 0.6 is 0 Å². The first-order chi connectivity index (χ1) is 14.5. The summed E-state index contributed by atoms with van der Waals surface area (Å²) in [7, 11) is 1.54. The Balaban J connectivity index is 1.83. The summed E-state index contributed by atoms with van der Waals surface area (Å²) in [5.41, 5.74) is 1.30.